The fraction of sp³-hybridized carbons (Fsp3) is 0.889. The van der Waals surface area contributed by atoms with E-state index in [1.54, 1.807) is 0 Å². The molecule has 4 nitrogen and oxygen atoms in total. The maximum Gasteiger partial charge on any atom is 0.237 e. The normalized spacial score (nSPS) is 13.6. The fourth-order valence-electron chi connectivity index (χ4n) is 1.29. The largest absolute Gasteiger partial charge is 0.278 e. The molecule has 0 saturated carbocycles. The van der Waals surface area contributed by atoms with Crippen molar-refractivity contribution >= 4 is 16.4 Å². The standard InChI is InChI=1S/C9H19NO3S/c1-4-6-9(5-2)7-14(12,13)10(3)8-11/h8-9H,4-7H2,1-3H3. The van der Waals surface area contributed by atoms with E-state index in [-0.39, 0.29) is 11.7 Å². The number of hydrogen-bond acceptors (Lipinski definition) is 3. The van der Waals surface area contributed by atoms with Crippen LogP contribution in [0.15, 0.2) is 0 Å². The zero-order chi connectivity index (χ0) is 11.2. The van der Waals surface area contributed by atoms with E-state index in [0.29, 0.717) is 6.41 Å². The van der Waals surface area contributed by atoms with Crippen LogP contribution in [-0.4, -0.2) is 31.9 Å². The molecule has 0 aromatic carbocycles. The Morgan fingerprint density at radius 3 is 2.29 bits per heavy atom. The summed E-state index contributed by atoms with van der Waals surface area (Å²) in [6, 6.07) is 0. The summed E-state index contributed by atoms with van der Waals surface area (Å²) in [4.78, 5) is 10.3. The first-order chi connectivity index (χ1) is 6.47. The Morgan fingerprint density at radius 1 is 1.36 bits per heavy atom. The zero-order valence-electron chi connectivity index (χ0n) is 9.06. The van der Waals surface area contributed by atoms with Crippen LogP contribution in [-0.2, 0) is 14.8 Å². The van der Waals surface area contributed by atoms with Gasteiger partial charge in [-0.2, -0.15) is 0 Å². The average Bonchev–Trinajstić information content (AvgIpc) is 2.15. The van der Waals surface area contributed by atoms with Gasteiger partial charge in [0.2, 0.25) is 16.4 Å². The number of hydrogen-bond donors (Lipinski definition) is 0. The highest BCUT2D eigenvalue weighted by Gasteiger charge is 2.20. The van der Waals surface area contributed by atoms with Crippen molar-refractivity contribution in [2.45, 2.75) is 33.1 Å². The first-order valence-corrected chi connectivity index (χ1v) is 6.49. The van der Waals surface area contributed by atoms with Gasteiger partial charge in [-0.15, -0.1) is 0 Å². The van der Waals surface area contributed by atoms with Crippen molar-refractivity contribution in [2.24, 2.45) is 5.92 Å². The van der Waals surface area contributed by atoms with Crippen molar-refractivity contribution in [2.75, 3.05) is 12.8 Å². The molecule has 1 atom stereocenters. The lowest BCUT2D eigenvalue weighted by atomic mass is 10.0. The van der Waals surface area contributed by atoms with Crippen molar-refractivity contribution in [1.82, 2.24) is 4.31 Å². The number of carbonyl (C=O) groups excluding carboxylic acids is 1. The van der Waals surface area contributed by atoms with E-state index < -0.39 is 10.0 Å². The number of rotatable bonds is 7. The highest BCUT2D eigenvalue weighted by atomic mass is 32.2. The molecule has 5 heteroatoms. The molecule has 0 rings (SSSR count). The second-order valence-electron chi connectivity index (χ2n) is 3.46. The van der Waals surface area contributed by atoms with E-state index in [9.17, 15) is 13.2 Å². The van der Waals surface area contributed by atoms with Gasteiger partial charge in [0, 0.05) is 7.05 Å². The highest BCUT2D eigenvalue weighted by Crippen LogP contribution is 2.14. The Labute approximate surface area is 86.3 Å². The van der Waals surface area contributed by atoms with Gasteiger partial charge in [-0.05, 0) is 12.3 Å². The van der Waals surface area contributed by atoms with E-state index in [1.807, 2.05) is 13.8 Å². The van der Waals surface area contributed by atoms with Crippen LogP contribution in [0.2, 0.25) is 0 Å². The monoisotopic (exact) mass is 221 g/mol. The average molecular weight is 221 g/mol. The summed E-state index contributed by atoms with van der Waals surface area (Å²) in [5.74, 6) is 0.236. The Hall–Kier alpha value is -0.580. The van der Waals surface area contributed by atoms with Crippen LogP contribution in [0.4, 0.5) is 0 Å². The summed E-state index contributed by atoms with van der Waals surface area (Å²) in [5, 5.41) is 0. The van der Waals surface area contributed by atoms with Gasteiger partial charge in [0.05, 0.1) is 5.75 Å². The molecule has 0 aliphatic heterocycles. The summed E-state index contributed by atoms with van der Waals surface area (Å²) in [5.41, 5.74) is 0. The van der Waals surface area contributed by atoms with E-state index in [0.717, 1.165) is 23.6 Å². The molecule has 84 valence electrons. The molecular weight excluding hydrogens is 202 g/mol. The molecule has 0 spiro atoms. The zero-order valence-corrected chi connectivity index (χ0v) is 9.88. The third-order valence-corrected chi connectivity index (χ3v) is 4.16. The van der Waals surface area contributed by atoms with Crippen molar-refractivity contribution in [3.63, 3.8) is 0 Å². The first-order valence-electron chi connectivity index (χ1n) is 4.88. The van der Waals surface area contributed by atoms with E-state index in [1.165, 1.54) is 7.05 Å². The minimum atomic E-state index is -3.38. The summed E-state index contributed by atoms with van der Waals surface area (Å²) >= 11 is 0. The minimum Gasteiger partial charge on any atom is -0.278 e. The molecule has 1 unspecified atom stereocenters. The van der Waals surface area contributed by atoms with Gasteiger partial charge >= 0.3 is 0 Å². The van der Waals surface area contributed by atoms with Crippen LogP contribution in [0.1, 0.15) is 33.1 Å². The van der Waals surface area contributed by atoms with Crippen molar-refractivity contribution < 1.29 is 13.2 Å². The highest BCUT2D eigenvalue weighted by molar-refractivity contribution is 7.89. The van der Waals surface area contributed by atoms with E-state index in [2.05, 4.69) is 0 Å². The minimum absolute atomic E-state index is 0.0760. The lowest BCUT2D eigenvalue weighted by molar-refractivity contribution is -0.113. The summed E-state index contributed by atoms with van der Waals surface area (Å²) in [6.07, 6.45) is 3.04. The Morgan fingerprint density at radius 2 is 1.93 bits per heavy atom. The second-order valence-corrected chi connectivity index (χ2v) is 5.54. The molecule has 0 aromatic heterocycles. The third-order valence-electron chi connectivity index (χ3n) is 2.31. The van der Waals surface area contributed by atoms with Gasteiger partial charge in [-0.1, -0.05) is 26.7 Å². The van der Waals surface area contributed by atoms with Crippen LogP contribution in [0, 0.1) is 5.92 Å². The smallest absolute Gasteiger partial charge is 0.237 e. The lowest BCUT2D eigenvalue weighted by Crippen LogP contribution is -2.30. The lowest BCUT2D eigenvalue weighted by Gasteiger charge is -2.17. The predicted octanol–water partition coefficient (Wildman–Crippen LogP) is 1.23. The molecule has 0 radical (unpaired) electrons. The van der Waals surface area contributed by atoms with Crippen LogP contribution in [0.25, 0.3) is 0 Å². The predicted molar refractivity (Wildman–Crippen MR) is 56.3 cm³/mol. The SMILES string of the molecule is CCCC(CC)CS(=O)(=O)N(C)C=O. The molecule has 0 heterocycles. The van der Waals surface area contributed by atoms with Gasteiger partial charge in [0.15, 0.2) is 0 Å². The fourth-order valence-corrected chi connectivity index (χ4v) is 2.66. The maximum absolute atomic E-state index is 11.5. The molecule has 0 aliphatic rings. The number of sulfonamides is 1. The quantitative estimate of drug-likeness (QED) is 0.608. The molecular formula is C9H19NO3S. The maximum atomic E-state index is 11.5. The second kappa shape index (κ2) is 6.01. The van der Waals surface area contributed by atoms with Gasteiger partial charge < -0.3 is 0 Å². The summed E-state index contributed by atoms with van der Waals surface area (Å²) in [6.45, 7) is 4.00. The Kier molecular flexibility index (Phi) is 5.76. The topological polar surface area (TPSA) is 54.5 Å². The number of amides is 1. The first kappa shape index (κ1) is 13.4. The van der Waals surface area contributed by atoms with Crippen LogP contribution in [0.3, 0.4) is 0 Å². The van der Waals surface area contributed by atoms with Gasteiger partial charge in [-0.25, -0.2) is 12.7 Å². The van der Waals surface area contributed by atoms with Crippen LogP contribution < -0.4 is 0 Å². The van der Waals surface area contributed by atoms with Crippen LogP contribution >= 0.6 is 0 Å². The molecule has 0 fully saturated rings. The van der Waals surface area contributed by atoms with E-state index in [4.69, 9.17) is 0 Å². The number of nitrogens with zero attached hydrogens (tertiary/aromatic N) is 1. The van der Waals surface area contributed by atoms with E-state index >= 15 is 0 Å². The van der Waals surface area contributed by atoms with Gasteiger partial charge in [0.25, 0.3) is 0 Å². The molecule has 0 N–H and O–H groups in total. The molecule has 14 heavy (non-hydrogen) atoms. The van der Waals surface area contributed by atoms with Crippen LogP contribution in [0.5, 0.6) is 0 Å². The van der Waals surface area contributed by atoms with Crippen molar-refractivity contribution in [3.05, 3.63) is 0 Å². The molecule has 0 aliphatic carbocycles. The molecule has 0 bridgehead atoms. The molecule has 1 amide bonds. The summed E-state index contributed by atoms with van der Waals surface area (Å²) < 4.78 is 23.8. The van der Waals surface area contributed by atoms with Crippen molar-refractivity contribution in [3.8, 4) is 0 Å². The third kappa shape index (κ3) is 4.09. The van der Waals surface area contributed by atoms with Gasteiger partial charge in [-0.3, -0.25) is 4.79 Å². The Bertz CT molecular complexity index is 261. The molecule has 0 saturated heterocycles. The number of carbonyl (C=O) groups is 1. The molecule has 0 aromatic rings. The van der Waals surface area contributed by atoms with Gasteiger partial charge in [0.1, 0.15) is 0 Å². The Balaban J connectivity index is 4.39. The summed E-state index contributed by atoms with van der Waals surface area (Å²) in [7, 11) is -2.10. The van der Waals surface area contributed by atoms with Crippen molar-refractivity contribution in [1.29, 1.82) is 0 Å².